The van der Waals surface area contributed by atoms with Crippen LogP contribution in [-0.2, 0) is 11.3 Å². The Kier molecular flexibility index (Phi) is 8.23. The average molecular weight is 360 g/mol. The van der Waals surface area contributed by atoms with E-state index in [1.165, 1.54) is 0 Å². The molecule has 0 saturated carbocycles. The molecule has 0 bridgehead atoms. The summed E-state index contributed by atoms with van der Waals surface area (Å²) in [6.45, 7) is 6.21. The summed E-state index contributed by atoms with van der Waals surface area (Å²) in [5.41, 5.74) is 6.58. The van der Waals surface area contributed by atoms with Gasteiger partial charge in [0.15, 0.2) is 0 Å². The molecule has 0 unspecified atom stereocenters. The van der Waals surface area contributed by atoms with Gasteiger partial charge in [-0.25, -0.2) is 9.97 Å². The molecule has 128 valence electrons. The van der Waals surface area contributed by atoms with Crippen molar-refractivity contribution in [3.63, 3.8) is 0 Å². The summed E-state index contributed by atoms with van der Waals surface area (Å²) in [6, 6.07) is 3.21. The smallest absolute Gasteiger partial charge is 0.237 e. The molecule has 0 radical (unpaired) electrons. The van der Waals surface area contributed by atoms with Crippen LogP contribution in [0.25, 0.3) is 5.82 Å². The number of pyridine rings is 1. The molecule has 1 amide bonds. The summed E-state index contributed by atoms with van der Waals surface area (Å²) in [6.07, 6.45) is 6.89. The number of halogens is 2. The largest absolute Gasteiger partial charge is 0.351 e. The molecule has 2 heterocycles. The Balaban J connectivity index is 0.00000242. The van der Waals surface area contributed by atoms with Crippen molar-refractivity contribution in [1.29, 1.82) is 0 Å². The molecule has 0 aliphatic heterocycles. The van der Waals surface area contributed by atoms with Gasteiger partial charge in [0.05, 0.1) is 6.04 Å². The highest BCUT2D eigenvalue weighted by molar-refractivity contribution is 5.85. The molecule has 2 aromatic heterocycles. The highest BCUT2D eigenvalue weighted by Gasteiger charge is 2.27. The molecule has 0 aliphatic carbocycles. The number of nitrogens with one attached hydrogen (secondary N) is 1. The molecule has 0 aliphatic rings. The van der Waals surface area contributed by atoms with E-state index in [4.69, 9.17) is 5.73 Å². The quantitative estimate of drug-likeness (QED) is 0.874. The maximum absolute atomic E-state index is 12.1. The van der Waals surface area contributed by atoms with Crippen LogP contribution in [0.1, 0.15) is 26.3 Å². The van der Waals surface area contributed by atoms with Crippen LogP contribution >= 0.6 is 24.8 Å². The summed E-state index contributed by atoms with van der Waals surface area (Å²) in [5, 5.41) is 2.87. The molecular formula is C15H23Cl2N5O. The molecule has 0 spiro atoms. The fourth-order valence-electron chi connectivity index (χ4n) is 1.87. The second-order valence-electron chi connectivity index (χ2n) is 6.02. The van der Waals surface area contributed by atoms with Crippen LogP contribution in [-0.4, -0.2) is 26.5 Å². The summed E-state index contributed by atoms with van der Waals surface area (Å²) in [4.78, 5) is 20.4. The number of rotatable bonds is 4. The Hall–Kier alpha value is -1.63. The third kappa shape index (κ3) is 5.49. The van der Waals surface area contributed by atoms with E-state index >= 15 is 0 Å². The lowest BCUT2D eigenvalue weighted by Gasteiger charge is -2.25. The van der Waals surface area contributed by atoms with Gasteiger partial charge in [0, 0.05) is 30.7 Å². The Morgan fingerprint density at radius 1 is 1.35 bits per heavy atom. The van der Waals surface area contributed by atoms with Gasteiger partial charge in [-0.05, 0) is 11.5 Å². The number of aromatic nitrogens is 3. The number of hydrogen-bond donors (Lipinski definition) is 2. The van der Waals surface area contributed by atoms with Gasteiger partial charge in [-0.2, -0.15) is 0 Å². The first-order valence-corrected chi connectivity index (χ1v) is 6.85. The number of amides is 1. The van der Waals surface area contributed by atoms with Crippen molar-refractivity contribution in [2.24, 2.45) is 11.1 Å². The standard InChI is InChI=1S/C15H21N5O.2ClH/c1-15(2,3)12(16)14(21)19-9-11-5-4-6-18-13(11)20-8-7-17-10-20;;/h4-8,10,12H,9,16H2,1-3H3,(H,19,21);2*1H/t12-;;/m1../s1. The minimum absolute atomic E-state index is 0. The second-order valence-corrected chi connectivity index (χ2v) is 6.02. The normalized spacial score (nSPS) is 11.8. The lowest BCUT2D eigenvalue weighted by molar-refractivity contribution is -0.124. The number of hydrogen-bond acceptors (Lipinski definition) is 4. The predicted octanol–water partition coefficient (Wildman–Crippen LogP) is 2.10. The zero-order valence-corrected chi connectivity index (χ0v) is 15.0. The molecule has 2 aromatic rings. The van der Waals surface area contributed by atoms with Crippen molar-refractivity contribution < 1.29 is 4.79 Å². The van der Waals surface area contributed by atoms with Gasteiger partial charge in [0.2, 0.25) is 5.91 Å². The summed E-state index contributed by atoms with van der Waals surface area (Å²) >= 11 is 0. The van der Waals surface area contributed by atoms with Crippen LogP contribution < -0.4 is 11.1 Å². The summed E-state index contributed by atoms with van der Waals surface area (Å²) in [5.74, 6) is 0.586. The lowest BCUT2D eigenvalue weighted by atomic mass is 9.87. The van der Waals surface area contributed by atoms with E-state index in [2.05, 4.69) is 15.3 Å². The Labute approximate surface area is 148 Å². The van der Waals surface area contributed by atoms with E-state index in [1.54, 1.807) is 18.7 Å². The highest BCUT2D eigenvalue weighted by Crippen LogP contribution is 2.17. The number of nitrogens with zero attached hydrogens (tertiary/aromatic N) is 3. The molecule has 0 saturated heterocycles. The van der Waals surface area contributed by atoms with Crippen LogP contribution in [0.2, 0.25) is 0 Å². The first-order chi connectivity index (χ1) is 9.89. The first-order valence-electron chi connectivity index (χ1n) is 6.85. The van der Waals surface area contributed by atoms with E-state index in [1.807, 2.05) is 43.7 Å². The van der Waals surface area contributed by atoms with Crippen molar-refractivity contribution in [2.45, 2.75) is 33.4 Å². The van der Waals surface area contributed by atoms with Crippen molar-refractivity contribution in [1.82, 2.24) is 19.9 Å². The van der Waals surface area contributed by atoms with E-state index in [0.717, 1.165) is 11.4 Å². The lowest BCUT2D eigenvalue weighted by Crippen LogP contribution is -2.48. The van der Waals surface area contributed by atoms with Gasteiger partial charge in [-0.1, -0.05) is 26.8 Å². The van der Waals surface area contributed by atoms with Crippen LogP contribution in [0.4, 0.5) is 0 Å². The molecule has 23 heavy (non-hydrogen) atoms. The topological polar surface area (TPSA) is 85.8 Å². The zero-order valence-electron chi connectivity index (χ0n) is 13.4. The monoisotopic (exact) mass is 359 g/mol. The molecule has 2 rings (SSSR count). The van der Waals surface area contributed by atoms with Crippen LogP contribution in [0.5, 0.6) is 0 Å². The number of carbonyl (C=O) groups excluding carboxylic acids is 1. The van der Waals surface area contributed by atoms with Crippen molar-refractivity contribution >= 4 is 30.7 Å². The molecular weight excluding hydrogens is 337 g/mol. The van der Waals surface area contributed by atoms with Crippen LogP contribution in [0, 0.1) is 5.41 Å². The van der Waals surface area contributed by atoms with Crippen LogP contribution in [0.15, 0.2) is 37.1 Å². The SMILES string of the molecule is CC(C)(C)[C@H](N)C(=O)NCc1cccnc1-n1ccnc1.Cl.Cl. The highest BCUT2D eigenvalue weighted by atomic mass is 35.5. The predicted molar refractivity (Wildman–Crippen MR) is 95.1 cm³/mol. The minimum atomic E-state index is -0.550. The molecule has 0 fully saturated rings. The zero-order chi connectivity index (χ0) is 15.5. The number of carbonyl (C=O) groups is 1. The molecule has 0 aromatic carbocycles. The van der Waals surface area contributed by atoms with Crippen molar-refractivity contribution in [3.8, 4) is 5.82 Å². The number of nitrogens with two attached hydrogens (primary N) is 1. The molecule has 6 nitrogen and oxygen atoms in total. The molecule has 1 atom stereocenters. The summed E-state index contributed by atoms with van der Waals surface area (Å²) in [7, 11) is 0. The Morgan fingerprint density at radius 2 is 2.04 bits per heavy atom. The Bertz CT molecular complexity index is 611. The average Bonchev–Trinajstić information content (AvgIpc) is 2.97. The first kappa shape index (κ1) is 21.4. The van der Waals surface area contributed by atoms with Gasteiger partial charge in [0.25, 0.3) is 0 Å². The maximum atomic E-state index is 12.1. The second kappa shape index (κ2) is 8.86. The van der Waals surface area contributed by atoms with Gasteiger partial charge < -0.3 is 11.1 Å². The van der Waals surface area contributed by atoms with E-state index in [-0.39, 0.29) is 36.1 Å². The van der Waals surface area contributed by atoms with Crippen molar-refractivity contribution in [2.75, 3.05) is 0 Å². The molecule has 3 N–H and O–H groups in total. The fourth-order valence-corrected chi connectivity index (χ4v) is 1.87. The van der Waals surface area contributed by atoms with Gasteiger partial charge in [0.1, 0.15) is 12.1 Å². The van der Waals surface area contributed by atoms with E-state index in [0.29, 0.717) is 6.54 Å². The van der Waals surface area contributed by atoms with Crippen LogP contribution in [0.3, 0.4) is 0 Å². The third-order valence-corrected chi connectivity index (χ3v) is 3.29. The molecule has 8 heteroatoms. The van der Waals surface area contributed by atoms with E-state index in [9.17, 15) is 4.79 Å². The minimum Gasteiger partial charge on any atom is -0.351 e. The number of imidazole rings is 1. The third-order valence-electron chi connectivity index (χ3n) is 3.29. The van der Waals surface area contributed by atoms with Gasteiger partial charge in [-0.3, -0.25) is 9.36 Å². The van der Waals surface area contributed by atoms with E-state index < -0.39 is 6.04 Å². The van der Waals surface area contributed by atoms with Gasteiger partial charge in [-0.15, -0.1) is 24.8 Å². The summed E-state index contributed by atoms with van der Waals surface area (Å²) < 4.78 is 1.81. The fraction of sp³-hybridized carbons (Fsp3) is 0.400. The van der Waals surface area contributed by atoms with Gasteiger partial charge >= 0.3 is 0 Å². The maximum Gasteiger partial charge on any atom is 0.237 e. The Morgan fingerprint density at radius 3 is 2.61 bits per heavy atom. The van der Waals surface area contributed by atoms with Crippen molar-refractivity contribution in [3.05, 3.63) is 42.6 Å².